The number of hydrogen-bond acceptors (Lipinski definition) is 2. The predicted octanol–water partition coefficient (Wildman–Crippen LogP) is 2.16. The third kappa shape index (κ3) is 1.58. The molecule has 1 aliphatic carbocycles. The average molecular weight is 178 g/mol. The maximum atomic E-state index is 8.81. The fourth-order valence-corrected chi connectivity index (χ4v) is 2.76. The summed E-state index contributed by atoms with van der Waals surface area (Å²) < 4.78 is 0. The first-order chi connectivity index (χ1) is 6.35. The second-order valence-electron chi connectivity index (χ2n) is 4.38. The number of nitrogens with zero attached hydrogens (tertiary/aromatic N) is 2. The van der Waals surface area contributed by atoms with Crippen molar-refractivity contribution in [3.8, 4) is 6.07 Å². The maximum absolute atomic E-state index is 8.81. The summed E-state index contributed by atoms with van der Waals surface area (Å²) in [6.45, 7) is 3.55. The summed E-state index contributed by atoms with van der Waals surface area (Å²) in [6, 6.07) is 3.98. The first kappa shape index (κ1) is 9.02. The maximum Gasteiger partial charge on any atom is 0.0656 e. The Kier molecular flexibility index (Phi) is 2.55. The molecule has 0 aromatic rings. The molecule has 72 valence electrons. The Morgan fingerprint density at radius 3 is 2.69 bits per heavy atom. The lowest BCUT2D eigenvalue weighted by Crippen LogP contribution is -2.52. The second-order valence-corrected chi connectivity index (χ2v) is 4.38. The molecule has 1 saturated carbocycles. The predicted molar refractivity (Wildman–Crippen MR) is 52.1 cm³/mol. The van der Waals surface area contributed by atoms with E-state index >= 15 is 0 Å². The van der Waals surface area contributed by atoms with Crippen LogP contribution in [0, 0.1) is 17.2 Å². The van der Waals surface area contributed by atoms with E-state index < -0.39 is 0 Å². The fourth-order valence-electron chi connectivity index (χ4n) is 2.76. The highest BCUT2D eigenvalue weighted by molar-refractivity contribution is 4.97. The molecule has 3 unspecified atom stereocenters. The van der Waals surface area contributed by atoms with Gasteiger partial charge in [-0.15, -0.1) is 0 Å². The van der Waals surface area contributed by atoms with E-state index in [0.717, 1.165) is 24.9 Å². The molecule has 0 spiro atoms. The lowest BCUT2D eigenvalue weighted by molar-refractivity contribution is 0.0405. The molecular weight excluding hydrogens is 160 g/mol. The Morgan fingerprint density at radius 2 is 2.23 bits per heavy atom. The Balaban J connectivity index is 1.86. The van der Waals surface area contributed by atoms with Gasteiger partial charge in [-0.3, -0.25) is 4.90 Å². The average Bonchev–Trinajstić information content (AvgIpc) is 2.52. The minimum absolute atomic E-state index is 0.350. The van der Waals surface area contributed by atoms with Crippen LogP contribution in [-0.4, -0.2) is 23.5 Å². The second kappa shape index (κ2) is 3.67. The van der Waals surface area contributed by atoms with Gasteiger partial charge in [0.25, 0.3) is 0 Å². The monoisotopic (exact) mass is 178 g/mol. The molecule has 1 aliphatic heterocycles. The standard InChI is InChI=1S/C11H18N2/c1-2-10-5-6-13(10)11-4-3-9(7-11)8-12/h9-11H,2-7H2,1H3. The van der Waals surface area contributed by atoms with E-state index in [2.05, 4.69) is 17.9 Å². The third-order valence-corrected chi connectivity index (χ3v) is 3.72. The van der Waals surface area contributed by atoms with E-state index in [-0.39, 0.29) is 0 Å². The van der Waals surface area contributed by atoms with Crippen LogP contribution in [0.1, 0.15) is 39.0 Å². The van der Waals surface area contributed by atoms with E-state index in [1.165, 1.54) is 25.8 Å². The fraction of sp³-hybridized carbons (Fsp3) is 0.909. The summed E-state index contributed by atoms with van der Waals surface area (Å²) in [5, 5.41) is 8.81. The van der Waals surface area contributed by atoms with Gasteiger partial charge in [0.2, 0.25) is 0 Å². The molecule has 13 heavy (non-hydrogen) atoms. The first-order valence-corrected chi connectivity index (χ1v) is 5.50. The molecule has 1 heterocycles. The highest BCUT2D eigenvalue weighted by atomic mass is 15.2. The van der Waals surface area contributed by atoms with Gasteiger partial charge in [0.05, 0.1) is 6.07 Å². The summed E-state index contributed by atoms with van der Waals surface area (Å²) in [5.74, 6) is 0.350. The Hall–Kier alpha value is -0.550. The van der Waals surface area contributed by atoms with Gasteiger partial charge in [-0.05, 0) is 32.1 Å². The Bertz CT molecular complexity index is 217. The van der Waals surface area contributed by atoms with Crippen molar-refractivity contribution < 1.29 is 0 Å². The summed E-state index contributed by atoms with van der Waals surface area (Å²) in [5.41, 5.74) is 0. The van der Waals surface area contributed by atoms with Crippen molar-refractivity contribution in [1.29, 1.82) is 5.26 Å². The van der Waals surface area contributed by atoms with Crippen LogP contribution in [0.2, 0.25) is 0 Å². The van der Waals surface area contributed by atoms with Crippen LogP contribution in [0.3, 0.4) is 0 Å². The third-order valence-electron chi connectivity index (χ3n) is 3.72. The van der Waals surface area contributed by atoms with Crippen molar-refractivity contribution in [3.63, 3.8) is 0 Å². The zero-order valence-corrected chi connectivity index (χ0v) is 8.37. The highest BCUT2D eigenvalue weighted by Gasteiger charge is 2.36. The lowest BCUT2D eigenvalue weighted by Gasteiger charge is -2.44. The van der Waals surface area contributed by atoms with Crippen LogP contribution >= 0.6 is 0 Å². The molecule has 0 aromatic heterocycles. The first-order valence-electron chi connectivity index (χ1n) is 5.50. The molecule has 2 nitrogen and oxygen atoms in total. The molecule has 2 fully saturated rings. The normalized spacial score (nSPS) is 39.8. The van der Waals surface area contributed by atoms with Gasteiger partial charge in [-0.1, -0.05) is 6.92 Å². The lowest BCUT2D eigenvalue weighted by atomic mass is 9.96. The van der Waals surface area contributed by atoms with E-state index in [0.29, 0.717) is 5.92 Å². The van der Waals surface area contributed by atoms with Crippen molar-refractivity contribution >= 4 is 0 Å². The minimum atomic E-state index is 0.350. The number of nitriles is 1. The largest absolute Gasteiger partial charge is 0.297 e. The Morgan fingerprint density at radius 1 is 1.38 bits per heavy atom. The quantitative estimate of drug-likeness (QED) is 0.648. The zero-order chi connectivity index (χ0) is 9.26. The van der Waals surface area contributed by atoms with Crippen LogP contribution in [0.4, 0.5) is 0 Å². The van der Waals surface area contributed by atoms with Gasteiger partial charge in [0.15, 0.2) is 0 Å². The van der Waals surface area contributed by atoms with Crippen LogP contribution in [0.5, 0.6) is 0 Å². The number of rotatable bonds is 2. The van der Waals surface area contributed by atoms with Gasteiger partial charge >= 0.3 is 0 Å². The molecule has 2 heteroatoms. The van der Waals surface area contributed by atoms with Crippen LogP contribution in [-0.2, 0) is 0 Å². The molecule has 0 bridgehead atoms. The van der Waals surface area contributed by atoms with Gasteiger partial charge in [0.1, 0.15) is 0 Å². The van der Waals surface area contributed by atoms with E-state index in [4.69, 9.17) is 5.26 Å². The smallest absolute Gasteiger partial charge is 0.0656 e. The highest BCUT2D eigenvalue weighted by Crippen LogP contribution is 2.34. The molecule has 2 aliphatic rings. The molecule has 1 saturated heterocycles. The molecule has 3 atom stereocenters. The Labute approximate surface area is 80.5 Å². The van der Waals surface area contributed by atoms with Gasteiger partial charge in [0, 0.05) is 24.5 Å². The molecule has 0 aromatic carbocycles. The van der Waals surface area contributed by atoms with Crippen LogP contribution < -0.4 is 0 Å². The molecule has 0 N–H and O–H groups in total. The summed E-state index contributed by atoms with van der Waals surface area (Å²) in [6.07, 6.45) is 6.19. The van der Waals surface area contributed by atoms with Gasteiger partial charge in [-0.2, -0.15) is 5.26 Å². The topological polar surface area (TPSA) is 27.0 Å². The summed E-state index contributed by atoms with van der Waals surface area (Å²) in [7, 11) is 0. The molecule has 0 radical (unpaired) electrons. The van der Waals surface area contributed by atoms with Crippen molar-refractivity contribution in [1.82, 2.24) is 4.90 Å². The van der Waals surface area contributed by atoms with Crippen molar-refractivity contribution in [2.45, 2.75) is 51.1 Å². The van der Waals surface area contributed by atoms with Crippen molar-refractivity contribution in [3.05, 3.63) is 0 Å². The van der Waals surface area contributed by atoms with E-state index in [9.17, 15) is 0 Å². The minimum Gasteiger partial charge on any atom is -0.297 e. The molecule has 2 rings (SSSR count). The summed E-state index contributed by atoms with van der Waals surface area (Å²) in [4.78, 5) is 2.62. The zero-order valence-electron chi connectivity index (χ0n) is 8.37. The number of likely N-dealkylation sites (tertiary alicyclic amines) is 1. The van der Waals surface area contributed by atoms with Crippen molar-refractivity contribution in [2.75, 3.05) is 6.54 Å². The van der Waals surface area contributed by atoms with Gasteiger partial charge < -0.3 is 0 Å². The number of hydrogen-bond donors (Lipinski definition) is 0. The SMILES string of the molecule is CCC1CCN1C1CCC(C#N)C1. The van der Waals surface area contributed by atoms with Crippen LogP contribution in [0.15, 0.2) is 0 Å². The van der Waals surface area contributed by atoms with Crippen LogP contribution in [0.25, 0.3) is 0 Å². The molecular formula is C11H18N2. The van der Waals surface area contributed by atoms with Crippen molar-refractivity contribution in [2.24, 2.45) is 5.92 Å². The summed E-state index contributed by atoms with van der Waals surface area (Å²) >= 11 is 0. The molecule has 0 amide bonds. The van der Waals surface area contributed by atoms with E-state index in [1.54, 1.807) is 0 Å². The van der Waals surface area contributed by atoms with E-state index in [1.807, 2.05) is 0 Å². The van der Waals surface area contributed by atoms with Gasteiger partial charge in [-0.25, -0.2) is 0 Å².